The summed E-state index contributed by atoms with van der Waals surface area (Å²) in [5.41, 5.74) is 0.153. The normalized spacial score (nSPS) is 12.9. The molecule has 2 aromatic rings. The van der Waals surface area contributed by atoms with Crippen LogP contribution in [0.3, 0.4) is 0 Å². The van der Waals surface area contributed by atoms with Gasteiger partial charge in [-0.3, -0.25) is 0 Å². The van der Waals surface area contributed by atoms with Crippen LogP contribution in [-0.4, -0.2) is 26.9 Å². The monoisotopic (exact) mass is 367 g/mol. The third kappa shape index (κ3) is 4.75. The van der Waals surface area contributed by atoms with E-state index in [1.807, 2.05) is 44.2 Å². The molecule has 0 N–H and O–H groups in total. The van der Waals surface area contributed by atoms with Gasteiger partial charge < -0.3 is 4.90 Å². The lowest BCUT2D eigenvalue weighted by Crippen LogP contribution is -2.35. The molecule has 0 aliphatic carbocycles. The summed E-state index contributed by atoms with van der Waals surface area (Å²) in [6, 6.07) is 9.04. The number of hydrogen-bond donors (Lipinski definition) is 0. The summed E-state index contributed by atoms with van der Waals surface area (Å²) in [5.74, 6) is -0.106. The minimum absolute atomic E-state index is 0.0444. The van der Waals surface area contributed by atoms with E-state index in [1.54, 1.807) is 11.9 Å². The van der Waals surface area contributed by atoms with E-state index < -0.39 is 17.9 Å². The molecule has 0 radical (unpaired) electrons. The standard InChI is InChI=1S/C18H20F3N3S/c1-12(2)16(14-10-22-11-23-17(14)18(19,20)21)24(3)15(25)9-13-7-5-4-6-8-13/h4-8,10-12,16H,9H2,1-3H3. The van der Waals surface area contributed by atoms with E-state index in [1.165, 1.54) is 6.20 Å². The van der Waals surface area contributed by atoms with Gasteiger partial charge in [-0.2, -0.15) is 13.2 Å². The topological polar surface area (TPSA) is 29.0 Å². The Hall–Kier alpha value is -2.02. The van der Waals surface area contributed by atoms with E-state index in [4.69, 9.17) is 12.2 Å². The zero-order valence-corrected chi connectivity index (χ0v) is 15.1. The first-order chi connectivity index (χ1) is 11.7. The Bertz CT molecular complexity index is 717. The van der Waals surface area contributed by atoms with E-state index >= 15 is 0 Å². The van der Waals surface area contributed by atoms with Gasteiger partial charge in [0.25, 0.3) is 0 Å². The fourth-order valence-electron chi connectivity index (χ4n) is 2.86. The number of alkyl halides is 3. The van der Waals surface area contributed by atoms with Crippen LogP contribution in [0.25, 0.3) is 0 Å². The molecule has 0 spiro atoms. The van der Waals surface area contributed by atoms with Crippen molar-refractivity contribution in [2.45, 2.75) is 32.5 Å². The smallest absolute Gasteiger partial charge is 0.362 e. The largest absolute Gasteiger partial charge is 0.433 e. The molecule has 0 saturated carbocycles. The molecule has 2 rings (SSSR count). The number of likely N-dealkylation sites (N-methyl/N-ethyl adjacent to an activating group) is 1. The predicted octanol–water partition coefficient (Wildman–Crippen LogP) is 4.69. The van der Waals surface area contributed by atoms with Gasteiger partial charge in [-0.15, -0.1) is 0 Å². The SMILES string of the molecule is CC(C)C(c1cncnc1C(F)(F)F)N(C)C(=S)Cc1ccccc1. The summed E-state index contributed by atoms with van der Waals surface area (Å²) in [6.07, 6.45) is -1.88. The van der Waals surface area contributed by atoms with Crippen LogP contribution in [0.1, 0.15) is 36.7 Å². The van der Waals surface area contributed by atoms with Gasteiger partial charge >= 0.3 is 6.18 Å². The Morgan fingerprint density at radius 2 is 1.84 bits per heavy atom. The molecule has 3 nitrogen and oxygen atoms in total. The second-order valence-corrected chi connectivity index (χ2v) is 6.65. The summed E-state index contributed by atoms with van der Waals surface area (Å²) in [7, 11) is 1.73. The maximum Gasteiger partial charge on any atom is 0.433 e. The second kappa shape index (κ2) is 7.91. The van der Waals surface area contributed by atoms with Crippen molar-refractivity contribution < 1.29 is 13.2 Å². The Morgan fingerprint density at radius 3 is 2.40 bits per heavy atom. The van der Waals surface area contributed by atoms with Gasteiger partial charge in [0.2, 0.25) is 0 Å². The van der Waals surface area contributed by atoms with Crippen LogP contribution in [0.15, 0.2) is 42.9 Å². The van der Waals surface area contributed by atoms with Gasteiger partial charge in [-0.05, 0) is 11.5 Å². The summed E-state index contributed by atoms with van der Waals surface area (Å²) in [6.45, 7) is 3.72. The molecule has 7 heteroatoms. The molecule has 1 heterocycles. The van der Waals surface area contributed by atoms with Crippen molar-refractivity contribution in [1.29, 1.82) is 0 Å². The number of hydrogen-bond acceptors (Lipinski definition) is 3. The molecule has 0 saturated heterocycles. The van der Waals surface area contributed by atoms with E-state index in [0.717, 1.165) is 11.9 Å². The molecular formula is C18H20F3N3S. The fraction of sp³-hybridized carbons (Fsp3) is 0.389. The van der Waals surface area contributed by atoms with Crippen molar-refractivity contribution >= 4 is 17.2 Å². The van der Waals surface area contributed by atoms with Gasteiger partial charge in [0.15, 0.2) is 5.69 Å². The lowest BCUT2D eigenvalue weighted by molar-refractivity contribution is -0.142. The van der Waals surface area contributed by atoms with Crippen LogP contribution in [0.2, 0.25) is 0 Å². The van der Waals surface area contributed by atoms with Crippen LogP contribution < -0.4 is 0 Å². The van der Waals surface area contributed by atoms with E-state index in [0.29, 0.717) is 11.4 Å². The van der Waals surface area contributed by atoms with Crippen LogP contribution in [0, 0.1) is 5.92 Å². The first-order valence-electron chi connectivity index (χ1n) is 7.88. The first-order valence-corrected chi connectivity index (χ1v) is 8.29. The molecule has 1 aromatic carbocycles. The zero-order chi connectivity index (χ0) is 18.6. The summed E-state index contributed by atoms with van der Waals surface area (Å²) >= 11 is 5.49. The molecule has 0 aliphatic rings. The lowest BCUT2D eigenvalue weighted by atomic mass is 9.94. The average Bonchev–Trinajstić information content (AvgIpc) is 2.55. The highest BCUT2D eigenvalue weighted by Gasteiger charge is 2.39. The van der Waals surface area contributed by atoms with Gasteiger partial charge in [-0.1, -0.05) is 56.4 Å². The molecule has 1 unspecified atom stereocenters. The minimum Gasteiger partial charge on any atom is -0.362 e. The van der Waals surface area contributed by atoms with Crippen molar-refractivity contribution in [3.05, 3.63) is 59.7 Å². The number of nitrogens with zero attached hydrogens (tertiary/aromatic N) is 3. The molecule has 0 aliphatic heterocycles. The molecule has 1 aromatic heterocycles. The number of thiocarbonyl (C=S) groups is 1. The highest BCUT2D eigenvalue weighted by Crippen LogP contribution is 2.37. The third-order valence-electron chi connectivity index (χ3n) is 3.97. The van der Waals surface area contributed by atoms with Crippen LogP contribution in [0.5, 0.6) is 0 Å². The highest BCUT2D eigenvalue weighted by atomic mass is 32.1. The Balaban J connectivity index is 2.34. The van der Waals surface area contributed by atoms with Crippen molar-refractivity contribution in [2.24, 2.45) is 5.92 Å². The minimum atomic E-state index is -4.53. The van der Waals surface area contributed by atoms with E-state index in [2.05, 4.69) is 9.97 Å². The lowest BCUT2D eigenvalue weighted by Gasteiger charge is -2.34. The first kappa shape index (κ1) is 19.3. The summed E-state index contributed by atoms with van der Waals surface area (Å²) in [4.78, 5) is 9.57. The Morgan fingerprint density at radius 1 is 1.20 bits per heavy atom. The maximum absolute atomic E-state index is 13.3. The average molecular weight is 367 g/mol. The maximum atomic E-state index is 13.3. The van der Waals surface area contributed by atoms with Crippen molar-refractivity contribution in [3.63, 3.8) is 0 Å². The van der Waals surface area contributed by atoms with Crippen molar-refractivity contribution in [3.8, 4) is 0 Å². The van der Waals surface area contributed by atoms with Crippen LogP contribution in [-0.2, 0) is 12.6 Å². The zero-order valence-electron chi connectivity index (χ0n) is 14.3. The second-order valence-electron chi connectivity index (χ2n) is 6.18. The number of rotatable bonds is 5. The molecule has 0 amide bonds. The Kier molecular flexibility index (Phi) is 6.11. The Labute approximate surface area is 150 Å². The number of benzene rings is 1. The number of halogens is 3. The summed E-state index contributed by atoms with van der Waals surface area (Å²) in [5, 5.41) is 0. The fourth-order valence-corrected chi connectivity index (χ4v) is 3.14. The van der Waals surface area contributed by atoms with E-state index in [9.17, 15) is 13.2 Å². The summed E-state index contributed by atoms with van der Waals surface area (Å²) < 4.78 is 40.0. The van der Waals surface area contributed by atoms with Gasteiger partial charge in [0, 0.05) is 25.2 Å². The molecule has 0 fully saturated rings. The van der Waals surface area contributed by atoms with Crippen LogP contribution in [0.4, 0.5) is 13.2 Å². The molecule has 25 heavy (non-hydrogen) atoms. The van der Waals surface area contributed by atoms with Gasteiger partial charge in [0.1, 0.15) is 6.33 Å². The quantitative estimate of drug-likeness (QED) is 0.717. The van der Waals surface area contributed by atoms with E-state index in [-0.39, 0.29) is 11.5 Å². The van der Waals surface area contributed by atoms with Gasteiger partial charge in [-0.25, -0.2) is 9.97 Å². The molecule has 134 valence electrons. The van der Waals surface area contributed by atoms with Crippen LogP contribution >= 0.6 is 12.2 Å². The third-order valence-corrected chi connectivity index (χ3v) is 4.40. The highest BCUT2D eigenvalue weighted by molar-refractivity contribution is 7.80. The van der Waals surface area contributed by atoms with Crippen molar-refractivity contribution in [1.82, 2.24) is 14.9 Å². The van der Waals surface area contributed by atoms with Gasteiger partial charge in [0.05, 0.1) is 11.0 Å². The predicted molar refractivity (Wildman–Crippen MR) is 95.1 cm³/mol. The molecule has 1 atom stereocenters. The molecule has 0 bridgehead atoms. The van der Waals surface area contributed by atoms with Crippen molar-refractivity contribution in [2.75, 3.05) is 7.05 Å². The number of aromatic nitrogens is 2. The molecular weight excluding hydrogens is 347 g/mol.